The highest BCUT2D eigenvalue weighted by Gasteiger charge is 2.22. The number of nitrogens with one attached hydrogen (secondary N) is 2. The second-order valence-corrected chi connectivity index (χ2v) is 9.15. The van der Waals surface area contributed by atoms with Crippen LogP contribution in [0.25, 0.3) is 22.2 Å². The van der Waals surface area contributed by atoms with Gasteiger partial charge in [0.2, 0.25) is 0 Å². The lowest BCUT2D eigenvalue weighted by atomic mass is 9.98. The van der Waals surface area contributed by atoms with E-state index in [2.05, 4.69) is 55.5 Å². The van der Waals surface area contributed by atoms with Crippen LogP contribution in [-0.2, 0) is 6.54 Å². The third-order valence-corrected chi connectivity index (χ3v) is 6.58. The zero-order valence-electron chi connectivity index (χ0n) is 20.3. The number of nitrogens with zero attached hydrogens (tertiary/aromatic N) is 4. The molecule has 8 heteroatoms. The quantitative estimate of drug-likeness (QED) is 0.374. The molecule has 1 unspecified atom stereocenters. The molecule has 2 aromatic heterocycles. The molecule has 2 aromatic carbocycles. The first-order valence-electron chi connectivity index (χ1n) is 12.0. The van der Waals surface area contributed by atoms with E-state index in [1.807, 2.05) is 24.4 Å². The summed E-state index contributed by atoms with van der Waals surface area (Å²) in [6.07, 6.45) is 6.14. The number of methoxy groups -OCH3 is 1. The first-order chi connectivity index (χ1) is 17.1. The number of ether oxygens (including phenoxy) is 1. The van der Waals surface area contributed by atoms with Gasteiger partial charge in [0.15, 0.2) is 0 Å². The van der Waals surface area contributed by atoms with Crippen LogP contribution < -0.4 is 15.4 Å². The van der Waals surface area contributed by atoms with E-state index in [1.54, 1.807) is 26.6 Å². The molecule has 35 heavy (non-hydrogen) atoms. The van der Waals surface area contributed by atoms with Crippen LogP contribution in [0.2, 0.25) is 0 Å². The lowest BCUT2D eigenvalue weighted by Crippen LogP contribution is -2.18. The van der Waals surface area contributed by atoms with Crippen molar-refractivity contribution in [1.82, 2.24) is 25.1 Å². The number of amides is 1. The van der Waals surface area contributed by atoms with Crippen LogP contribution in [0, 0.1) is 5.92 Å². The largest absolute Gasteiger partial charge is 0.496 e. The summed E-state index contributed by atoms with van der Waals surface area (Å²) in [5, 5.41) is 11.8. The Kier molecular flexibility index (Phi) is 6.35. The van der Waals surface area contributed by atoms with Crippen molar-refractivity contribution in [2.75, 3.05) is 26.0 Å². The molecule has 1 saturated carbocycles. The minimum absolute atomic E-state index is 0.135. The van der Waals surface area contributed by atoms with Gasteiger partial charge in [-0.25, -0.2) is 9.97 Å². The van der Waals surface area contributed by atoms with Gasteiger partial charge in [0, 0.05) is 48.6 Å². The number of rotatable bonds is 9. The van der Waals surface area contributed by atoms with Crippen molar-refractivity contribution >= 4 is 22.6 Å². The van der Waals surface area contributed by atoms with E-state index in [1.165, 1.54) is 18.4 Å². The number of carbonyl (C=O) groups is 1. The van der Waals surface area contributed by atoms with Crippen LogP contribution in [0.4, 0.5) is 5.82 Å². The lowest BCUT2D eigenvalue weighted by molar-refractivity contribution is 0.0962. The summed E-state index contributed by atoms with van der Waals surface area (Å²) < 4.78 is 7.66. The highest BCUT2D eigenvalue weighted by Crippen LogP contribution is 2.32. The average Bonchev–Trinajstić information content (AvgIpc) is 3.64. The molecule has 0 radical (unpaired) electrons. The first kappa shape index (κ1) is 22.8. The summed E-state index contributed by atoms with van der Waals surface area (Å²) in [6, 6.07) is 13.9. The van der Waals surface area contributed by atoms with Crippen molar-refractivity contribution in [3.8, 4) is 17.0 Å². The molecule has 2 heterocycles. The summed E-state index contributed by atoms with van der Waals surface area (Å²) in [5.74, 6) is 2.23. The molecule has 0 spiro atoms. The van der Waals surface area contributed by atoms with Crippen LogP contribution in [0.15, 0.2) is 55.0 Å². The molecular formula is C27H30N6O2. The minimum Gasteiger partial charge on any atom is -0.496 e. The molecule has 5 rings (SSSR count). The fourth-order valence-electron chi connectivity index (χ4n) is 4.32. The van der Waals surface area contributed by atoms with Gasteiger partial charge in [0.25, 0.3) is 5.91 Å². The van der Waals surface area contributed by atoms with Crippen molar-refractivity contribution in [2.45, 2.75) is 32.2 Å². The number of anilines is 1. The zero-order valence-corrected chi connectivity index (χ0v) is 20.3. The number of fused-ring (bicyclic) bond motifs is 1. The number of hydrogen-bond donors (Lipinski definition) is 2. The predicted octanol–water partition coefficient (Wildman–Crippen LogP) is 4.49. The van der Waals surface area contributed by atoms with E-state index in [-0.39, 0.29) is 11.8 Å². The van der Waals surface area contributed by atoms with Gasteiger partial charge in [0.05, 0.1) is 24.5 Å². The van der Waals surface area contributed by atoms with Gasteiger partial charge in [-0.15, -0.1) is 0 Å². The summed E-state index contributed by atoms with van der Waals surface area (Å²) in [4.78, 5) is 20.8. The van der Waals surface area contributed by atoms with Gasteiger partial charge < -0.3 is 15.4 Å². The molecule has 1 atom stereocenters. The van der Waals surface area contributed by atoms with Gasteiger partial charge in [-0.2, -0.15) is 5.10 Å². The van der Waals surface area contributed by atoms with E-state index >= 15 is 0 Å². The Morgan fingerprint density at radius 3 is 2.80 bits per heavy atom. The first-order valence-corrected chi connectivity index (χ1v) is 12.0. The topological polar surface area (TPSA) is 94.0 Å². The maximum Gasteiger partial charge on any atom is 0.251 e. The van der Waals surface area contributed by atoms with Gasteiger partial charge in [-0.1, -0.05) is 19.1 Å². The fraction of sp³-hybridized carbons (Fsp3) is 0.333. The third-order valence-electron chi connectivity index (χ3n) is 6.58. The van der Waals surface area contributed by atoms with Crippen molar-refractivity contribution in [2.24, 2.45) is 5.92 Å². The molecular weight excluding hydrogens is 440 g/mol. The zero-order chi connectivity index (χ0) is 24.4. The summed E-state index contributed by atoms with van der Waals surface area (Å²) >= 11 is 0. The molecule has 180 valence electrons. The highest BCUT2D eigenvalue weighted by atomic mass is 16.5. The van der Waals surface area contributed by atoms with Crippen molar-refractivity contribution < 1.29 is 9.53 Å². The van der Waals surface area contributed by atoms with Gasteiger partial charge in [-0.05, 0) is 48.6 Å². The van der Waals surface area contributed by atoms with Crippen LogP contribution in [-0.4, -0.2) is 46.4 Å². The summed E-state index contributed by atoms with van der Waals surface area (Å²) in [6.45, 7) is 3.76. The molecule has 0 aliphatic heterocycles. The van der Waals surface area contributed by atoms with Crippen molar-refractivity contribution in [1.29, 1.82) is 0 Å². The molecule has 1 aliphatic rings. The average molecular weight is 471 g/mol. The smallest absolute Gasteiger partial charge is 0.251 e. The molecule has 1 aliphatic carbocycles. The van der Waals surface area contributed by atoms with Gasteiger partial charge in [0.1, 0.15) is 17.9 Å². The summed E-state index contributed by atoms with van der Waals surface area (Å²) in [7, 11) is 3.24. The number of aromatic nitrogens is 4. The SMILES string of the molecule is CNC(=O)c1ccc(C(C)CNc2cc(-c3ccc4c(cnn4CC4CC4)c3)ncn2)c(OC)c1. The highest BCUT2D eigenvalue weighted by molar-refractivity contribution is 5.94. The van der Waals surface area contributed by atoms with E-state index in [0.29, 0.717) is 17.9 Å². The van der Waals surface area contributed by atoms with Gasteiger partial charge >= 0.3 is 0 Å². The third kappa shape index (κ3) is 4.96. The fourth-order valence-corrected chi connectivity index (χ4v) is 4.32. The Morgan fingerprint density at radius 1 is 1.17 bits per heavy atom. The molecule has 1 amide bonds. The Balaban J connectivity index is 1.29. The number of hydrogen-bond acceptors (Lipinski definition) is 6. The normalized spacial score (nSPS) is 14.0. The molecule has 2 N–H and O–H groups in total. The predicted molar refractivity (Wildman–Crippen MR) is 137 cm³/mol. The van der Waals surface area contributed by atoms with Crippen molar-refractivity contribution in [3.05, 3.63) is 66.1 Å². The maximum absolute atomic E-state index is 11.9. The lowest BCUT2D eigenvalue weighted by Gasteiger charge is -2.17. The van der Waals surface area contributed by atoms with Crippen LogP contribution >= 0.6 is 0 Å². The molecule has 8 nitrogen and oxygen atoms in total. The van der Waals surface area contributed by atoms with Crippen LogP contribution in [0.3, 0.4) is 0 Å². The van der Waals surface area contributed by atoms with Gasteiger partial charge in [-0.3, -0.25) is 9.48 Å². The van der Waals surface area contributed by atoms with E-state index < -0.39 is 0 Å². The number of benzene rings is 2. The molecule has 0 bridgehead atoms. The molecule has 0 saturated heterocycles. The Morgan fingerprint density at radius 2 is 2.03 bits per heavy atom. The Bertz CT molecular complexity index is 1360. The Labute approximate surface area is 204 Å². The molecule has 4 aromatic rings. The second-order valence-electron chi connectivity index (χ2n) is 9.15. The maximum atomic E-state index is 11.9. The van der Waals surface area contributed by atoms with E-state index in [9.17, 15) is 4.79 Å². The van der Waals surface area contributed by atoms with Crippen molar-refractivity contribution in [3.63, 3.8) is 0 Å². The number of carbonyl (C=O) groups excluding carboxylic acids is 1. The summed E-state index contributed by atoms with van der Waals surface area (Å²) in [5.41, 5.74) is 4.66. The molecule has 1 fully saturated rings. The van der Waals surface area contributed by atoms with Crippen LogP contribution in [0.1, 0.15) is 41.6 Å². The standard InChI is InChI=1S/C27H30N6O2/c1-17(22-8-6-20(27(34)28-2)11-25(22)35-3)13-29-26-12-23(30-16-31-26)19-7-9-24-21(10-19)14-32-33(24)15-18-4-5-18/h6-12,14,16-18H,4-5,13,15H2,1-3H3,(H,28,34)(H,29,30,31). The monoisotopic (exact) mass is 470 g/mol. The van der Waals surface area contributed by atoms with E-state index in [4.69, 9.17) is 4.74 Å². The van der Waals surface area contributed by atoms with E-state index in [0.717, 1.165) is 40.5 Å². The Hall–Kier alpha value is -3.94. The van der Waals surface area contributed by atoms with Crippen LogP contribution in [0.5, 0.6) is 5.75 Å². The minimum atomic E-state index is -0.136. The second kappa shape index (κ2) is 9.74.